The van der Waals surface area contributed by atoms with Crippen LogP contribution in [0.25, 0.3) is 5.69 Å². The molecule has 7 heteroatoms. The van der Waals surface area contributed by atoms with Crippen molar-refractivity contribution in [1.29, 1.82) is 0 Å². The standard InChI is InChI=1S/C15H16N4O3/c1-10-4-6-11(7-5-10)19-9-12(16-17-19)14(20)18-8-2-3-13(18)15(21)22/h4-7,9,13H,2-3,8H2,1H3,(H,21,22). The lowest BCUT2D eigenvalue weighted by molar-refractivity contribution is -0.141. The first kappa shape index (κ1) is 14.2. The van der Waals surface area contributed by atoms with E-state index in [-0.39, 0.29) is 11.6 Å². The Kier molecular flexibility index (Phi) is 3.62. The summed E-state index contributed by atoms with van der Waals surface area (Å²) in [5.74, 6) is -1.36. The van der Waals surface area contributed by atoms with Gasteiger partial charge >= 0.3 is 5.97 Å². The molecule has 7 nitrogen and oxygen atoms in total. The molecule has 2 heterocycles. The molecule has 1 fully saturated rings. The smallest absolute Gasteiger partial charge is 0.326 e. The van der Waals surface area contributed by atoms with Crippen molar-refractivity contribution in [3.63, 3.8) is 0 Å². The van der Waals surface area contributed by atoms with Crippen LogP contribution in [0.1, 0.15) is 28.9 Å². The summed E-state index contributed by atoms with van der Waals surface area (Å²) in [5, 5.41) is 17.0. The zero-order valence-corrected chi connectivity index (χ0v) is 12.1. The Morgan fingerprint density at radius 2 is 2.00 bits per heavy atom. The predicted octanol–water partition coefficient (Wildman–Crippen LogP) is 1.26. The fraction of sp³-hybridized carbons (Fsp3) is 0.333. The van der Waals surface area contributed by atoms with Gasteiger partial charge in [0, 0.05) is 6.54 Å². The van der Waals surface area contributed by atoms with Gasteiger partial charge in [0.2, 0.25) is 0 Å². The molecule has 0 radical (unpaired) electrons. The number of nitrogens with zero attached hydrogens (tertiary/aromatic N) is 4. The number of hydrogen-bond donors (Lipinski definition) is 1. The summed E-state index contributed by atoms with van der Waals surface area (Å²) in [6, 6.07) is 6.89. The number of benzene rings is 1. The second-order valence-electron chi connectivity index (χ2n) is 5.38. The van der Waals surface area contributed by atoms with Crippen LogP contribution in [0.3, 0.4) is 0 Å². The third-order valence-corrected chi connectivity index (χ3v) is 3.81. The van der Waals surface area contributed by atoms with Crippen molar-refractivity contribution < 1.29 is 14.7 Å². The summed E-state index contributed by atoms with van der Waals surface area (Å²) in [5.41, 5.74) is 2.09. The molecule has 114 valence electrons. The maximum atomic E-state index is 12.4. The van der Waals surface area contributed by atoms with Crippen LogP contribution in [0.15, 0.2) is 30.5 Å². The number of rotatable bonds is 3. The van der Waals surface area contributed by atoms with E-state index in [4.69, 9.17) is 5.11 Å². The Morgan fingerprint density at radius 1 is 1.27 bits per heavy atom. The molecular weight excluding hydrogens is 284 g/mol. The third-order valence-electron chi connectivity index (χ3n) is 3.81. The van der Waals surface area contributed by atoms with E-state index in [1.807, 2.05) is 31.2 Å². The van der Waals surface area contributed by atoms with Crippen molar-refractivity contribution in [3.8, 4) is 5.69 Å². The number of aromatic nitrogens is 3. The van der Waals surface area contributed by atoms with Gasteiger partial charge in [-0.05, 0) is 31.9 Å². The van der Waals surface area contributed by atoms with Gasteiger partial charge in [0.1, 0.15) is 6.04 Å². The van der Waals surface area contributed by atoms with Gasteiger partial charge in [-0.1, -0.05) is 22.9 Å². The minimum atomic E-state index is -0.975. The van der Waals surface area contributed by atoms with E-state index in [0.29, 0.717) is 19.4 Å². The normalized spacial score (nSPS) is 17.7. The number of aliphatic carboxylic acids is 1. The summed E-state index contributed by atoms with van der Waals surface area (Å²) in [6.45, 7) is 2.42. The quantitative estimate of drug-likeness (QED) is 0.922. The molecule has 2 aromatic rings. The van der Waals surface area contributed by atoms with Gasteiger partial charge in [-0.2, -0.15) is 0 Å². The van der Waals surface area contributed by atoms with Crippen molar-refractivity contribution >= 4 is 11.9 Å². The lowest BCUT2D eigenvalue weighted by Gasteiger charge is -2.19. The molecular formula is C15H16N4O3. The van der Waals surface area contributed by atoms with Crippen LogP contribution in [-0.2, 0) is 4.79 Å². The first-order valence-corrected chi connectivity index (χ1v) is 7.09. The highest BCUT2D eigenvalue weighted by Gasteiger charge is 2.35. The monoisotopic (exact) mass is 300 g/mol. The summed E-state index contributed by atoms with van der Waals surface area (Å²) in [6.07, 6.45) is 2.70. The second kappa shape index (κ2) is 5.59. The molecule has 0 saturated carbocycles. The average Bonchev–Trinajstić information content (AvgIpc) is 3.17. The lowest BCUT2D eigenvalue weighted by atomic mass is 10.2. The lowest BCUT2D eigenvalue weighted by Crippen LogP contribution is -2.40. The fourth-order valence-corrected chi connectivity index (χ4v) is 2.60. The largest absolute Gasteiger partial charge is 0.480 e. The van der Waals surface area contributed by atoms with E-state index in [1.165, 1.54) is 15.8 Å². The molecule has 1 atom stereocenters. The van der Waals surface area contributed by atoms with Gasteiger partial charge in [-0.15, -0.1) is 5.10 Å². The Hall–Kier alpha value is -2.70. The van der Waals surface area contributed by atoms with Crippen LogP contribution in [0.4, 0.5) is 0 Å². The second-order valence-corrected chi connectivity index (χ2v) is 5.38. The highest BCUT2D eigenvalue weighted by molar-refractivity contribution is 5.95. The van der Waals surface area contributed by atoms with Gasteiger partial charge < -0.3 is 10.0 Å². The summed E-state index contributed by atoms with van der Waals surface area (Å²) >= 11 is 0. The van der Waals surface area contributed by atoms with Gasteiger partial charge in [0.25, 0.3) is 5.91 Å². The van der Waals surface area contributed by atoms with Gasteiger partial charge in [0.15, 0.2) is 5.69 Å². The van der Waals surface area contributed by atoms with Crippen LogP contribution in [0, 0.1) is 6.92 Å². The Balaban J connectivity index is 1.82. The first-order valence-electron chi connectivity index (χ1n) is 7.09. The van der Waals surface area contributed by atoms with Crippen molar-refractivity contribution in [1.82, 2.24) is 19.9 Å². The van der Waals surface area contributed by atoms with Crippen molar-refractivity contribution in [2.75, 3.05) is 6.54 Å². The molecule has 1 unspecified atom stereocenters. The van der Waals surface area contributed by atoms with Crippen molar-refractivity contribution in [2.24, 2.45) is 0 Å². The van der Waals surface area contributed by atoms with Crippen molar-refractivity contribution in [2.45, 2.75) is 25.8 Å². The number of carbonyl (C=O) groups is 2. The molecule has 1 N–H and O–H groups in total. The van der Waals surface area contributed by atoms with Crippen LogP contribution in [-0.4, -0.2) is 49.5 Å². The van der Waals surface area contributed by atoms with Crippen LogP contribution < -0.4 is 0 Å². The molecule has 0 bridgehead atoms. The zero-order valence-electron chi connectivity index (χ0n) is 12.1. The predicted molar refractivity (Wildman–Crippen MR) is 77.8 cm³/mol. The minimum Gasteiger partial charge on any atom is -0.480 e. The van der Waals surface area contributed by atoms with Crippen molar-refractivity contribution in [3.05, 3.63) is 41.7 Å². The van der Waals surface area contributed by atoms with Crippen LogP contribution in [0.5, 0.6) is 0 Å². The third kappa shape index (κ3) is 2.57. The van der Waals surface area contributed by atoms with Crippen LogP contribution >= 0.6 is 0 Å². The molecule has 22 heavy (non-hydrogen) atoms. The molecule has 1 saturated heterocycles. The molecule has 1 aromatic carbocycles. The van der Waals surface area contributed by atoms with E-state index >= 15 is 0 Å². The van der Waals surface area contributed by atoms with Gasteiger partial charge in [0.05, 0.1) is 11.9 Å². The number of carboxylic acids is 1. The molecule has 1 amide bonds. The maximum absolute atomic E-state index is 12.4. The molecule has 1 aliphatic heterocycles. The number of likely N-dealkylation sites (tertiary alicyclic amines) is 1. The number of aryl methyl sites for hydroxylation is 1. The van der Waals surface area contributed by atoms with E-state index in [1.54, 1.807) is 0 Å². The van der Waals surface area contributed by atoms with Gasteiger partial charge in [-0.25, -0.2) is 9.48 Å². The average molecular weight is 300 g/mol. The van der Waals surface area contributed by atoms with Gasteiger partial charge in [-0.3, -0.25) is 4.79 Å². The Bertz CT molecular complexity index is 708. The number of hydrogen-bond acceptors (Lipinski definition) is 4. The molecule has 1 aromatic heterocycles. The number of amides is 1. The minimum absolute atomic E-state index is 0.161. The number of carboxylic acid groups (broad SMARTS) is 1. The molecule has 0 spiro atoms. The first-order chi connectivity index (χ1) is 10.6. The summed E-state index contributed by atoms with van der Waals surface area (Å²) in [4.78, 5) is 24.9. The van der Waals surface area contributed by atoms with Crippen LogP contribution in [0.2, 0.25) is 0 Å². The fourth-order valence-electron chi connectivity index (χ4n) is 2.60. The van der Waals surface area contributed by atoms with E-state index in [0.717, 1.165) is 11.3 Å². The Labute approximate surface area is 127 Å². The topological polar surface area (TPSA) is 88.3 Å². The summed E-state index contributed by atoms with van der Waals surface area (Å²) in [7, 11) is 0. The van der Waals surface area contributed by atoms with E-state index < -0.39 is 12.0 Å². The highest BCUT2D eigenvalue weighted by atomic mass is 16.4. The van der Waals surface area contributed by atoms with E-state index in [9.17, 15) is 9.59 Å². The zero-order chi connectivity index (χ0) is 15.7. The maximum Gasteiger partial charge on any atom is 0.326 e. The molecule has 3 rings (SSSR count). The highest BCUT2D eigenvalue weighted by Crippen LogP contribution is 2.20. The summed E-state index contributed by atoms with van der Waals surface area (Å²) < 4.78 is 1.51. The Morgan fingerprint density at radius 3 is 2.68 bits per heavy atom. The SMILES string of the molecule is Cc1ccc(-n2cc(C(=O)N3CCCC3C(=O)O)nn2)cc1. The molecule has 0 aliphatic carbocycles. The van der Waals surface area contributed by atoms with E-state index in [2.05, 4.69) is 10.3 Å². The number of carbonyl (C=O) groups excluding carboxylic acids is 1. The molecule has 1 aliphatic rings.